The Balaban J connectivity index is 1.97. The van der Waals surface area contributed by atoms with Crippen LogP contribution in [0.2, 0.25) is 5.02 Å². The first-order valence-electron chi connectivity index (χ1n) is 7.44. The van der Waals surface area contributed by atoms with Gasteiger partial charge in [-0.15, -0.1) is 11.3 Å². The van der Waals surface area contributed by atoms with Gasteiger partial charge in [-0.2, -0.15) is 0 Å². The number of halogens is 1. The molecule has 2 N–H and O–H groups in total. The smallest absolute Gasteiger partial charge is 0.308 e. The lowest BCUT2D eigenvalue weighted by Gasteiger charge is -2.04. The molecular formula is C18H15ClN2O3S. The highest BCUT2D eigenvalue weighted by atomic mass is 35.5. The number of rotatable bonds is 6. The van der Waals surface area contributed by atoms with Crippen molar-refractivity contribution in [1.29, 1.82) is 0 Å². The monoisotopic (exact) mass is 374 g/mol. The third-order valence-electron chi connectivity index (χ3n) is 3.49. The molecule has 25 heavy (non-hydrogen) atoms. The summed E-state index contributed by atoms with van der Waals surface area (Å²) in [5, 5.41) is 13.5. The summed E-state index contributed by atoms with van der Waals surface area (Å²) < 4.78 is 5.16. The van der Waals surface area contributed by atoms with Gasteiger partial charge >= 0.3 is 5.97 Å². The number of carboxylic acids is 1. The summed E-state index contributed by atoms with van der Waals surface area (Å²) in [5.41, 5.74) is 2.20. The highest BCUT2D eigenvalue weighted by Crippen LogP contribution is 2.35. The van der Waals surface area contributed by atoms with Crippen LogP contribution in [0.5, 0.6) is 5.75 Å². The van der Waals surface area contributed by atoms with Crippen molar-refractivity contribution in [2.45, 2.75) is 6.42 Å². The van der Waals surface area contributed by atoms with Crippen LogP contribution in [0.4, 0.5) is 10.8 Å². The van der Waals surface area contributed by atoms with Crippen LogP contribution in [0.1, 0.15) is 4.88 Å². The highest BCUT2D eigenvalue weighted by Gasteiger charge is 2.16. The molecule has 0 spiro atoms. The molecule has 7 heteroatoms. The van der Waals surface area contributed by atoms with Gasteiger partial charge in [-0.3, -0.25) is 4.79 Å². The third-order valence-corrected chi connectivity index (χ3v) is 4.79. The Morgan fingerprint density at radius 2 is 1.96 bits per heavy atom. The zero-order chi connectivity index (χ0) is 17.8. The largest absolute Gasteiger partial charge is 0.497 e. The second-order valence-electron chi connectivity index (χ2n) is 5.19. The number of nitrogens with one attached hydrogen (secondary N) is 1. The molecule has 128 valence electrons. The second kappa shape index (κ2) is 7.55. The van der Waals surface area contributed by atoms with Crippen LogP contribution in [0, 0.1) is 0 Å². The van der Waals surface area contributed by atoms with E-state index in [0.717, 1.165) is 17.0 Å². The molecule has 0 unspecified atom stereocenters. The van der Waals surface area contributed by atoms with Gasteiger partial charge < -0.3 is 15.2 Å². The fraction of sp³-hybridized carbons (Fsp3) is 0.111. The number of anilines is 2. The molecule has 0 bridgehead atoms. The zero-order valence-corrected chi connectivity index (χ0v) is 14.9. The Morgan fingerprint density at radius 3 is 2.60 bits per heavy atom. The van der Waals surface area contributed by atoms with Gasteiger partial charge in [0.05, 0.1) is 29.9 Å². The quantitative estimate of drug-likeness (QED) is 0.645. The van der Waals surface area contributed by atoms with Gasteiger partial charge in [0.25, 0.3) is 0 Å². The Bertz CT molecular complexity index is 894. The van der Waals surface area contributed by atoms with Gasteiger partial charge in [0.1, 0.15) is 5.75 Å². The SMILES string of the molecule is COc1ccc(-c2nc(Nc3ccccc3Cl)sc2CC(=O)O)cc1. The van der Waals surface area contributed by atoms with E-state index in [4.69, 9.17) is 16.3 Å². The minimum absolute atomic E-state index is 0.0940. The summed E-state index contributed by atoms with van der Waals surface area (Å²) >= 11 is 7.47. The lowest BCUT2D eigenvalue weighted by molar-refractivity contribution is -0.136. The van der Waals surface area contributed by atoms with Crippen molar-refractivity contribution in [3.8, 4) is 17.0 Å². The molecule has 3 aromatic rings. The normalized spacial score (nSPS) is 10.5. The van der Waals surface area contributed by atoms with E-state index >= 15 is 0 Å². The standard InChI is InChI=1S/C18H15ClN2O3S/c1-24-12-8-6-11(7-9-12)17-15(10-16(22)23)25-18(21-17)20-14-5-3-2-4-13(14)19/h2-9H,10H2,1H3,(H,20,21)(H,22,23). The highest BCUT2D eigenvalue weighted by molar-refractivity contribution is 7.16. The lowest BCUT2D eigenvalue weighted by Crippen LogP contribution is -1.99. The van der Waals surface area contributed by atoms with Crippen LogP contribution >= 0.6 is 22.9 Å². The number of carbonyl (C=O) groups is 1. The number of para-hydroxylation sites is 1. The number of methoxy groups -OCH3 is 1. The van der Waals surface area contributed by atoms with Crippen LogP contribution in [-0.2, 0) is 11.2 Å². The number of aromatic nitrogens is 1. The van der Waals surface area contributed by atoms with Gasteiger partial charge in [0.15, 0.2) is 5.13 Å². The fourth-order valence-corrected chi connectivity index (χ4v) is 3.48. The first-order chi connectivity index (χ1) is 12.1. The molecule has 0 aliphatic carbocycles. The number of nitrogens with zero attached hydrogens (tertiary/aromatic N) is 1. The van der Waals surface area contributed by atoms with Crippen LogP contribution in [-0.4, -0.2) is 23.2 Å². The van der Waals surface area contributed by atoms with E-state index in [2.05, 4.69) is 10.3 Å². The van der Waals surface area contributed by atoms with Crippen LogP contribution in [0.15, 0.2) is 48.5 Å². The van der Waals surface area contributed by atoms with E-state index in [1.165, 1.54) is 11.3 Å². The molecule has 0 saturated heterocycles. The summed E-state index contributed by atoms with van der Waals surface area (Å²) in [5.74, 6) is -0.170. The number of carboxylic acid groups (broad SMARTS) is 1. The molecule has 0 fully saturated rings. The first-order valence-corrected chi connectivity index (χ1v) is 8.63. The maximum absolute atomic E-state index is 11.2. The molecule has 0 atom stereocenters. The molecule has 3 rings (SSSR count). The average Bonchev–Trinajstić information content (AvgIpc) is 2.98. The predicted octanol–water partition coefficient (Wildman–Crippen LogP) is 4.84. The summed E-state index contributed by atoms with van der Waals surface area (Å²) in [4.78, 5) is 16.4. The summed E-state index contributed by atoms with van der Waals surface area (Å²) in [6, 6.07) is 14.7. The van der Waals surface area contributed by atoms with Crippen molar-refractivity contribution < 1.29 is 14.6 Å². The average molecular weight is 375 g/mol. The van der Waals surface area contributed by atoms with Gasteiger partial charge in [-0.05, 0) is 36.4 Å². The Kier molecular flexibility index (Phi) is 5.21. The zero-order valence-electron chi connectivity index (χ0n) is 13.3. The molecule has 0 aliphatic heterocycles. The van der Waals surface area contributed by atoms with Crippen LogP contribution in [0.25, 0.3) is 11.3 Å². The first kappa shape index (κ1) is 17.3. The van der Waals surface area contributed by atoms with E-state index < -0.39 is 5.97 Å². The van der Waals surface area contributed by atoms with Crippen molar-refractivity contribution in [2.24, 2.45) is 0 Å². The maximum atomic E-state index is 11.2. The molecule has 0 aliphatic rings. The number of aliphatic carboxylic acids is 1. The summed E-state index contributed by atoms with van der Waals surface area (Å²) in [7, 11) is 1.60. The topological polar surface area (TPSA) is 71.5 Å². The molecule has 1 aromatic heterocycles. The molecule has 2 aromatic carbocycles. The third kappa shape index (κ3) is 4.10. The van der Waals surface area contributed by atoms with Crippen LogP contribution < -0.4 is 10.1 Å². The molecule has 1 heterocycles. The Hall–Kier alpha value is -2.57. The van der Waals surface area contributed by atoms with E-state index in [9.17, 15) is 9.90 Å². The van der Waals surface area contributed by atoms with E-state index in [1.807, 2.05) is 42.5 Å². The van der Waals surface area contributed by atoms with E-state index in [0.29, 0.717) is 20.7 Å². The predicted molar refractivity (Wildman–Crippen MR) is 100 cm³/mol. The number of thiazole rings is 1. The van der Waals surface area contributed by atoms with Crippen molar-refractivity contribution in [3.63, 3.8) is 0 Å². The number of ether oxygens (including phenoxy) is 1. The molecule has 0 saturated carbocycles. The maximum Gasteiger partial charge on any atom is 0.308 e. The van der Waals surface area contributed by atoms with Crippen LogP contribution in [0.3, 0.4) is 0 Å². The van der Waals surface area contributed by atoms with Crippen molar-refractivity contribution in [3.05, 3.63) is 58.4 Å². The number of benzene rings is 2. The van der Waals surface area contributed by atoms with Crippen molar-refractivity contribution in [2.75, 3.05) is 12.4 Å². The number of hydrogen-bond acceptors (Lipinski definition) is 5. The van der Waals surface area contributed by atoms with Crippen molar-refractivity contribution in [1.82, 2.24) is 4.98 Å². The number of hydrogen-bond donors (Lipinski definition) is 2. The minimum atomic E-state index is -0.900. The van der Waals surface area contributed by atoms with Gasteiger partial charge in [0.2, 0.25) is 0 Å². The Labute approximate surface area is 153 Å². The fourth-order valence-electron chi connectivity index (χ4n) is 2.31. The molecule has 5 nitrogen and oxygen atoms in total. The van der Waals surface area contributed by atoms with Crippen molar-refractivity contribution >= 4 is 39.7 Å². The molecule has 0 radical (unpaired) electrons. The second-order valence-corrected chi connectivity index (χ2v) is 6.69. The van der Waals surface area contributed by atoms with Gasteiger partial charge in [0, 0.05) is 10.4 Å². The molecular weight excluding hydrogens is 360 g/mol. The minimum Gasteiger partial charge on any atom is -0.497 e. The lowest BCUT2D eigenvalue weighted by atomic mass is 10.1. The Morgan fingerprint density at radius 1 is 1.24 bits per heavy atom. The van der Waals surface area contributed by atoms with E-state index in [-0.39, 0.29) is 6.42 Å². The van der Waals surface area contributed by atoms with Gasteiger partial charge in [-0.25, -0.2) is 4.98 Å². The summed E-state index contributed by atoms with van der Waals surface area (Å²) in [6.45, 7) is 0. The summed E-state index contributed by atoms with van der Waals surface area (Å²) in [6.07, 6.45) is -0.0940. The molecule has 0 amide bonds. The van der Waals surface area contributed by atoms with Gasteiger partial charge in [-0.1, -0.05) is 23.7 Å². The van der Waals surface area contributed by atoms with E-state index in [1.54, 1.807) is 13.2 Å².